The van der Waals surface area contributed by atoms with Crippen molar-refractivity contribution in [1.82, 2.24) is 5.32 Å². The summed E-state index contributed by atoms with van der Waals surface area (Å²) in [6.45, 7) is 2.98. The van der Waals surface area contributed by atoms with E-state index in [1.54, 1.807) is 13.8 Å². The highest BCUT2D eigenvalue weighted by Gasteiger charge is 2.37. The average Bonchev–Trinajstić information content (AvgIpc) is 1.80. The van der Waals surface area contributed by atoms with E-state index in [2.05, 4.69) is 5.32 Å². The molecule has 1 atom stereocenters. The molecular formula is C6H12F3NO. The molecule has 0 heterocycles. The maximum atomic E-state index is 11.6. The van der Waals surface area contributed by atoms with Gasteiger partial charge in [0, 0.05) is 12.6 Å². The van der Waals surface area contributed by atoms with Gasteiger partial charge in [0.05, 0.1) is 0 Å². The lowest BCUT2D eigenvalue weighted by atomic mass is 10.3. The van der Waals surface area contributed by atoms with Crippen LogP contribution in [0.4, 0.5) is 13.2 Å². The fraction of sp³-hybridized carbons (Fsp3) is 1.00. The second-order valence-electron chi connectivity index (χ2n) is 2.62. The summed E-state index contributed by atoms with van der Waals surface area (Å²) in [5, 5.41) is 10.9. The van der Waals surface area contributed by atoms with Crippen molar-refractivity contribution >= 4 is 0 Å². The van der Waals surface area contributed by atoms with Crippen LogP contribution in [0.5, 0.6) is 0 Å². The smallest absolute Gasteiger partial charge is 0.382 e. The lowest BCUT2D eigenvalue weighted by Crippen LogP contribution is -2.40. The van der Waals surface area contributed by atoms with Crippen LogP contribution < -0.4 is 5.32 Å². The molecule has 0 aromatic carbocycles. The van der Waals surface area contributed by atoms with E-state index in [4.69, 9.17) is 5.11 Å². The van der Waals surface area contributed by atoms with Gasteiger partial charge in [-0.05, 0) is 0 Å². The topological polar surface area (TPSA) is 32.3 Å². The Hall–Kier alpha value is -0.290. The van der Waals surface area contributed by atoms with Crippen molar-refractivity contribution < 1.29 is 18.3 Å². The van der Waals surface area contributed by atoms with Gasteiger partial charge in [-0.1, -0.05) is 13.8 Å². The Morgan fingerprint density at radius 2 is 1.82 bits per heavy atom. The Kier molecular flexibility index (Phi) is 3.82. The zero-order valence-corrected chi connectivity index (χ0v) is 6.44. The summed E-state index contributed by atoms with van der Waals surface area (Å²) in [5.74, 6) is 0. The average molecular weight is 171 g/mol. The van der Waals surface area contributed by atoms with E-state index in [1.807, 2.05) is 0 Å². The minimum Gasteiger partial charge on any atom is -0.382 e. The van der Waals surface area contributed by atoms with Gasteiger partial charge in [-0.2, -0.15) is 13.2 Å². The molecule has 0 saturated carbocycles. The van der Waals surface area contributed by atoms with Crippen LogP contribution in [0.3, 0.4) is 0 Å². The molecule has 5 heteroatoms. The molecule has 0 fully saturated rings. The summed E-state index contributed by atoms with van der Waals surface area (Å²) in [4.78, 5) is 0. The summed E-state index contributed by atoms with van der Waals surface area (Å²) < 4.78 is 34.8. The predicted octanol–water partition coefficient (Wildman–Crippen LogP) is 0.908. The van der Waals surface area contributed by atoms with Crippen molar-refractivity contribution in [2.75, 3.05) is 6.54 Å². The number of aliphatic hydroxyl groups is 1. The molecule has 0 aromatic rings. The number of aliphatic hydroxyl groups excluding tert-OH is 1. The van der Waals surface area contributed by atoms with Gasteiger partial charge in [0.25, 0.3) is 0 Å². The van der Waals surface area contributed by atoms with Crippen LogP contribution in [-0.2, 0) is 0 Å². The first-order chi connectivity index (χ1) is 4.84. The van der Waals surface area contributed by atoms with Gasteiger partial charge >= 0.3 is 6.18 Å². The summed E-state index contributed by atoms with van der Waals surface area (Å²) >= 11 is 0. The van der Waals surface area contributed by atoms with Crippen molar-refractivity contribution in [1.29, 1.82) is 0 Å². The monoisotopic (exact) mass is 171 g/mol. The van der Waals surface area contributed by atoms with E-state index in [0.717, 1.165) is 0 Å². The maximum absolute atomic E-state index is 11.6. The van der Waals surface area contributed by atoms with Crippen LogP contribution in [0.15, 0.2) is 0 Å². The number of hydrogen-bond donors (Lipinski definition) is 2. The van der Waals surface area contributed by atoms with Crippen LogP contribution in [0.25, 0.3) is 0 Å². The molecule has 0 bridgehead atoms. The van der Waals surface area contributed by atoms with Crippen LogP contribution in [0.2, 0.25) is 0 Å². The maximum Gasteiger partial charge on any atom is 0.415 e. The van der Waals surface area contributed by atoms with E-state index in [1.165, 1.54) is 0 Å². The molecule has 0 amide bonds. The zero-order chi connectivity index (χ0) is 9.07. The molecular weight excluding hydrogens is 159 g/mol. The Morgan fingerprint density at radius 1 is 1.36 bits per heavy atom. The van der Waals surface area contributed by atoms with Crippen LogP contribution in [0, 0.1) is 0 Å². The fourth-order valence-electron chi connectivity index (χ4n) is 0.463. The van der Waals surface area contributed by atoms with Crippen LogP contribution >= 0.6 is 0 Å². The second kappa shape index (κ2) is 3.92. The summed E-state index contributed by atoms with van der Waals surface area (Å²) in [5.41, 5.74) is 0. The number of nitrogens with one attached hydrogen (secondary N) is 1. The zero-order valence-electron chi connectivity index (χ0n) is 6.44. The molecule has 2 N–H and O–H groups in total. The quantitative estimate of drug-likeness (QED) is 0.661. The third-order valence-corrected chi connectivity index (χ3v) is 1.10. The Bertz CT molecular complexity index is 113. The number of halogens is 3. The van der Waals surface area contributed by atoms with Gasteiger partial charge in [0.15, 0.2) is 6.10 Å². The molecule has 11 heavy (non-hydrogen) atoms. The van der Waals surface area contributed by atoms with Crippen molar-refractivity contribution in [2.24, 2.45) is 0 Å². The van der Waals surface area contributed by atoms with E-state index in [9.17, 15) is 13.2 Å². The van der Waals surface area contributed by atoms with Crippen molar-refractivity contribution in [2.45, 2.75) is 32.2 Å². The lowest BCUT2D eigenvalue weighted by Gasteiger charge is -2.16. The van der Waals surface area contributed by atoms with E-state index in [0.29, 0.717) is 0 Å². The molecule has 0 aliphatic carbocycles. The largest absolute Gasteiger partial charge is 0.415 e. The highest BCUT2D eigenvalue weighted by Crippen LogP contribution is 2.19. The molecule has 0 aliphatic rings. The Morgan fingerprint density at radius 3 is 2.09 bits per heavy atom. The molecule has 68 valence electrons. The third-order valence-electron chi connectivity index (χ3n) is 1.10. The molecule has 0 aromatic heterocycles. The van der Waals surface area contributed by atoms with Crippen LogP contribution in [0.1, 0.15) is 13.8 Å². The van der Waals surface area contributed by atoms with Gasteiger partial charge in [-0.3, -0.25) is 0 Å². The minimum absolute atomic E-state index is 0.0491. The molecule has 0 unspecified atom stereocenters. The molecule has 2 nitrogen and oxygen atoms in total. The van der Waals surface area contributed by atoms with Gasteiger partial charge < -0.3 is 10.4 Å². The Labute approximate surface area is 63.4 Å². The van der Waals surface area contributed by atoms with Gasteiger partial charge in [0.1, 0.15) is 0 Å². The molecule has 0 spiro atoms. The minimum atomic E-state index is -4.51. The second-order valence-corrected chi connectivity index (χ2v) is 2.62. The van der Waals surface area contributed by atoms with Crippen molar-refractivity contribution in [3.05, 3.63) is 0 Å². The summed E-state index contributed by atoms with van der Waals surface area (Å²) in [6.07, 6.45) is -6.77. The summed E-state index contributed by atoms with van der Waals surface area (Å²) in [6, 6.07) is -0.0491. The fourth-order valence-corrected chi connectivity index (χ4v) is 0.463. The van der Waals surface area contributed by atoms with E-state index in [-0.39, 0.29) is 6.04 Å². The Balaban J connectivity index is 3.61. The first kappa shape index (κ1) is 10.7. The predicted molar refractivity (Wildman–Crippen MR) is 35.2 cm³/mol. The first-order valence-electron chi connectivity index (χ1n) is 3.32. The number of rotatable bonds is 3. The van der Waals surface area contributed by atoms with E-state index >= 15 is 0 Å². The molecule has 0 radical (unpaired) electrons. The summed E-state index contributed by atoms with van der Waals surface area (Å²) in [7, 11) is 0. The standard InChI is InChI=1S/C6H12F3NO/c1-4(2)10-3-5(11)6(7,8)9/h4-5,10-11H,3H2,1-2H3/t5-/m0/s1. The van der Waals surface area contributed by atoms with Crippen molar-refractivity contribution in [3.63, 3.8) is 0 Å². The van der Waals surface area contributed by atoms with Gasteiger partial charge in [-0.15, -0.1) is 0 Å². The van der Waals surface area contributed by atoms with E-state index < -0.39 is 18.8 Å². The lowest BCUT2D eigenvalue weighted by molar-refractivity contribution is -0.202. The number of alkyl halides is 3. The first-order valence-corrected chi connectivity index (χ1v) is 3.32. The van der Waals surface area contributed by atoms with Crippen LogP contribution in [-0.4, -0.2) is 30.0 Å². The van der Waals surface area contributed by atoms with Gasteiger partial charge in [-0.25, -0.2) is 0 Å². The molecule has 0 rings (SSSR count). The van der Waals surface area contributed by atoms with Gasteiger partial charge in [0.2, 0.25) is 0 Å². The molecule has 0 aliphatic heterocycles. The highest BCUT2D eigenvalue weighted by molar-refractivity contribution is 4.68. The SMILES string of the molecule is CC(C)NC[C@H](O)C(F)(F)F. The number of hydrogen-bond acceptors (Lipinski definition) is 2. The molecule has 0 saturated heterocycles. The highest BCUT2D eigenvalue weighted by atomic mass is 19.4. The van der Waals surface area contributed by atoms with Crippen molar-refractivity contribution in [3.8, 4) is 0 Å². The normalized spacial score (nSPS) is 15.5. The third kappa shape index (κ3) is 5.03.